The van der Waals surface area contributed by atoms with Gasteiger partial charge in [-0.1, -0.05) is 59.1 Å². The monoisotopic (exact) mass is 432 g/mol. The van der Waals surface area contributed by atoms with Gasteiger partial charge in [0, 0.05) is 22.0 Å². The van der Waals surface area contributed by atoms with Crippen LogP contribution >= 0.6 is 23.2 Å². The van der Waals surface area contributed by atoms with Crippen molar-refractivity contribution in [2.24, 2.45) is 0 Å². The summed E-state index contributed by atoms with van der Waals surface area (Å²) >= 11 is 12.2. The molecule has 3 aromatic carbocycles. The minimum Gasteiger partial charge on any atom is -0.294 e. The van der Waals surface area contributed by atoms with E-state index in [9.17, 15) is 13.2 Å². The van der Waals surface area contributed by atoms with E-state index in [-0.39, 0.29) is 17.1 Å². The highest BCUT2D eigenvalue weighted by atomic mass is 35.5. The molecule has 0 aliphatic heterocycles. The summed E-state index contributed by atoms with van der Waals surface area (Å²) in [7, 11) is -3.84. The molecule has 0 saturated heterocycles. The average molecular weight is 433 g/mol. The van der Waals surface area contributed by atoms with Crippen molar-refractivity contribution in [2.45, 2.75) is 23.5 Å². The standard InChI is InChI=1S/C22H18Cl2O3S/c1-15-6-12-18(13-7-15)28(26,27)22(19-4-2-3-5-20(19)24)14-21(25)16-8-10-17(23)11-9-16/h2-13,22H,14H2,1H3/t22-/m0/s1. The van der Waals surface area contributed by atoms with E-state index in [0.29, 0.717) is 21.2 Å². The second-order valence-electron chi connectivity index (χ2n) is 6.50. The van der Waals surface area contributed by atoms with Crippen molar-refractivity contribution in [1.29, 1.82) is 0 Å². The van der Waals surface area contributed by atoms with Gasteiger partial charge in [-0.15, -0.1) is 0 Å². The first-order chi connectivity index (χ1) is 13.3. The number of sulfone groups is 1. The van der Waals surface area contributed by atoms with Crippen LogP contribution in [-0.4, -0.2) is 14.2 Å². The zero-order valence-corrected chi connectivity index (χ0v) is 17.4. The van der Waals surface area contributed by atoms with E-state index in [1.54, 1.807) is 72.8 Å². The predicted octanol–water partition coefficient (Wildman–Crippen LogP) is 6.09. The van der Waals surface area contributed by atoms with E-state index in [2.05, 4.69) is 0 Å². The lowest BCUT2D eigenvalue weighted by atomic mass is 10.0. The van der Waals surface area contributed by atoms with Gasteiger partial charge in [0.05, 0.1) is 10.1 Å². The molecule has 0 aliphatic rings. The number of hydrogen-bond donors (Lipinski definition) is 0. The number of rotatable bonds is 6. The Hall–Kier alpha value is -2.14. The van der Waals surface area contributed by atoms with Gasteiger partial charge in [-0.25, -0.2) is 8.42 Å². The highest BCUT2D eigenvalue weighted by molar-refractivity contribution is 7.91. The maximum absolute atomic E-state index is 13.4. The van der Waals surface area contributed by atoms with Crippen LogP contribution < -0.4 is 0 Å². The second kappa shape index (κ2) is 8.48. The molecule has 0 amide bonds. The fourth-order valence-electron chi connectivity index (χ4n) is 2.94. The fraction of sp³-hybridized carbons (Fsp3) is 0.136. The van der Waals surface area contributed by atoms with Crippen LogP contribution in [0.4, 0.5) is 0 Å². The largest absolute Gasteiger partial charge is 0.294 e. The summed E-state index contributed by atoms with van der Waals surface area (Å²) in [5, 5.41) is -0.273. The number of Topliss-reactive ketones (excluding diaryl/α,β-unsaturated/α-hetero) is 1. The van der Waals surface area contributed by atoms with Crippen LogP contribution in [0.25, 0.3) is 0 Å². The molecule has 0 aromatic heterocycles. The summed E-state index contributed by atoms with van der Waals surface area (Å²) in [6.45, 7) is 1.88. The Bertz CT molecular complexity index is 1090. The molecule has 0 bridgehead atoms. The van der Waals surface area contributed by atoms with Crippen molar-refractivity contribution in [2.75, 3.05) is 0 Å². The SMILES string of the molecule is Cc1ccc(S(=O)(=O)[C@@H](CC(=O)c2ccc(Cl)cc2)c2ccccc2Cl)cc1. The van der Waals surface area contributed by atoms with E-state index in [1.165, 1.54) is 0 Å². The summed E-state index contributed by atoms with van der Waals surface area (Å²) in [6.07, 6.45) is -0.221. The van der Waals surface area contributed by atoms with Gasteiger partial charge in [-0.3, -0.25) is 4.79 Å². The smallest absolute Gasteiger partial charge is 0.185 e. The van der Waals surface area contributed by atoms with E-state index >= 15 is 0 Å². The van der Waals surface area contributed by atoms with Gasteiger partial charge in [-0.2, -0.15) is 0 Å². The number of carbonyl (C=O) groups is 1. The molecule has 3 nitrogen and oxygen atoms in total. The first-order valence-electron chi connectivity index (χ1n) is 8.63. The molecule has 0 radical (unpaired) electrons. The van der Waals surface area contributed by atoms with Crippen LogP contribution in [0, 0.1) is 6.92 Å². The van der Waals surface area contributed by atoms with E-state index in [1.807, 2.05) is 6.92 Å². The molecule has 0 unspecified atom stereocenters. The van der Waals surface area contributed by atoms with Crippen molar-refractivity contribution < 1.29 is 13.2 Å². The van der Waals surface area contributed by atoms with Crippen molar-refractivity contribution >= 4 is 38.8 Å². The molecule has 28 heavy (non-hydrogen) atoms. The number of halogens is 2. The third-order valence-electron chi connectivity index (χ3n) is 4.51. The molecule has 6 heteroatoms. The maximum atomic E-state index is 13.4. The minimum absolute atomic E-state index is 0.159. The predicted molar refractivity (Wildman–Crippen MR) is 113 cm³/mol. The molecule has 3 rings (SSSR count). The van der Waals surface area contributed by atoms with Gasteiger partial charge in [0.15, 0.2) is 15.6 Å². The van der Waals surface area contributed by atoms with E-state index < -0.39 is 15.1 Å². The topological polar surface area (TPSA) is 51.2 Å². The lowest BCUT2D eigenvalue weighted by Crippen LogP contribution is -2.18. The minimum atomic E-state index is -3.84. The molecule has 0 aliphatic carbocycles. The van der Waals surface area contributed by atoms with Gasteiger partial charge in [0.2, 0.25) is 0 Å². The summed E-state index contributed by atoms with van der Waals surface area (Å²) in [4.78, 5) is 13.0. The quantitative estimate of drug-likeness (QED) is 0.442. The third-order valence-corrected chi connectivity index (χ3v) is 7.21. The number of aryl methyl sites for hydroxylation is 1. The summed E-state index contributed by atoms with van der Waals surface area (Å²) < 4.78 is 26.8. The summed E-state index contributed by atoms with van der Waals surface area (Å²) in [6, 6.07) is 19.7. The Morgan fingerprint density at radius 3 is 2.11 bits per heavy atom. The number of benzene rings is 3. The van der Waals surface area contributed by atoms with E-state index in [4.69, 9.17) is 23.2 Å². The van der Waals surface area contributed by atoms with Crippen molar-refractivity contribution in [1.82, 2.24) is 0 Å². The van der Waals surface area contributed by atoms with Gasteiger partial charge in [-0.05, 0) is 55.0 Å². The van der Waals surface area contributed by atoms with Crippen LogP contribution in [0.2, 0.25) is 10.0 Å². The van der Waals surface area contributed by atoms with Gasteiger partial charge >= 0.3 is 0 Å². The Morgan fingerprint density at radius 2 is 1.50 bits per heavy atom. The number of ketones is 1. The zero-order chi connectivity index (χ0) is 20.3. The molecule has 0 saturated carbocycles. The number of carbonyl (C=O) groups excluding carboxylic acids is 1. The fourth-order valence-corrected chi connectivity index (χ4v) is 5.15. The van der Waals surface area contributed by atoms with Crippen LogP contribution in [-0.2, 0) is 9.84 Å². The molecule has 3 aromatic rings. The Balaban J connectivity index is 2.05. The average Bonchev–Trinajstić information content (AvgIpc) is 2.67. The zero-order valence-electron chi connectivity index (χ0n) is 15.1. The lowest BCUT2D eigenvalue weighted by molar-refractivity contribution is 0.0981. The summed E-state index contributed by atoms with van der Waals surface area (Å²) in [5.41, 5.74) is 1.76. The highest BCUT2D eigenvalue weighted by Crippen LogP contribution is 2.36. The molecule has 0 heterocycles. The lowest BCUT2D eigenvalue weighted by Gasteiger charge is -2.19. The van der Waals surface area contributed by atoms with Crippen LogP contribution in [0.15, 0.2) is 77.7 Å². The van der Waals surface area contributed by atoms with Crippen molar-refractivity contribution in [3.63, 3.8) is 0 Å². The molecule has 0 N–H and O–H groups in total. The second-order valence-corrected chi connectivity index (χ2v) is 9.48. The van der Waals surface area contributed by atoms with Crippen LogP contribution in [0.3, 0.4) is 0 Å². The normalized spacial score (nSPS) is 12.5. The molecule has 144 valence electrons. The summed E-state index contributed by atoms with van der Waals surface area (Å²) in [5.74, 6) is -0.294. The highest BCUT2D eigenvalue weighted by Gasteiger charge is 2.33. The van der Waals surface area contributed by atoms with Crippen LogP contribution in [0.1, 0.15) is 33.2 Å². The first kappa shape index (κ1) is 20.6. The van der Waals surface area contributed by atoms with E-state index in [0.717, 1.165) is 5.56 Å². The van der Waals surface area contributed by atoms with Crippen molar-refractivity contribution in [3.05, 3.63) is 99.5 Å². The number of hydrogen-bond acceptors (Lipinski definition) is 3. The Morgan fingerprint density at radius 1 is 0.893 bits per heavy atom. The first-order valence-corrected chi connectivity index (χ1v) is 10.9. The molecular formula is C22H18Cl2O3S. The Kier molecular flexibility index (Phi) is 6.23. The molecule has 0 spiro atoms. The molecule has 1 atom stereocenters. The van der Waals surface area contributed by atoms with Gasteiger partial charge in [0.25, 0.3) is 0 Å². The van der Waals surface area contributed by atoms with Crippen LogP contribution in [0.5, 0.6) is 0 Å². The molecular weight excluding hydrogens is 415 g/mol. The molecule has 0 fully saturated rings. The maximum Gasteiger partial charge on any atom is 0.185 e. The van der Waals surface area contributed by atoms with Gasteiger partial charge < -0.3 is 0 Å². The Labute approximate surface area is 174 Å². The third kappa shape index (κ3) is 4.46. The van der Waals surface area contributed by atoms with Gasteiger partial charge in [0.1, 0.15) is 0 Å². The van der Waals surface area contributed by atoms with Crippen molar-refractivity contribution in [3.8, 4) is 0 Å².